The Hall–Kier alpha value is -1.25. The second-order valence-corrected chi connectivity index (χ2v) is 3.67. The van der Waals surface area contributed by atoms with E-state index in [2.05, 4.69) is 4.98 Å². The van der Waals surface area contributed by atoms with Crippen molar-refractivity contribution in [2.45, 2.75) is 32.1 Å². The van der Waals surface area contributed by atoms with Crippen molar-refractivity contribution in [2.24, 2.45) is 0 Å². The highest BCUT2D eigenvalue weighted by Gasteiger charge is 2.22. The number of aromatic hydroxyl groups is 1. The summed E-state index contributed by atoms with van der Waals surface area (Å²) in [5, 5.41) is 9.41. The molecule has 2 rings (SSSR count). The van der Waals surface area contributed by atoms with Gasteiger partial charge < -0.3 is 10.1 Å². The zero-order chi connectivity index (χ0) is 9.42. The molecular formula is C10H13NO2. The Balaban J connectivity index is 2.47. The van der Waals surface area contributed by atoms with E-state index in [1.807, 2.05) is 0 Å². The first kappa shape index (κ1) is 8.35. The van der Waals surface area contributed by atoms with Gasteiger partial charge in [0.1, 0.15) is 0 Å². The summed E-state index contributed by atoms with van der Waals surface area (Å²) < 4.78 is 0. The maximum atomic E-state index is 11.0. The molecule has 2 N–H and O–H groups in total. The van der Waals surface area contributed by atoms with E-state index in [1.54, 1.807) is 13.1 Å². The lowest BCUT2D eigenvalue weighted by molar-refractivity contribution is 0.409. The molecule has 1 aliphatic carbocycles. The molecule has 1 fully saturated rings. The maximum absolute atomic E-state index is 11.0. The summed E-state index contributed by atoms with van der Waals surface area (Å²) >= 11 is 0. The fraction of sp³-hybridized carbons (Fsp3) is 0.500. The molecule has 3 heteroatoms. The molecule has 0 unspecified atom stereocenters. The standard InChI is InChI=1S/C10H13NO2/c1-6-8(7-3-2-4-7)5-11-10(13)9(6)12/h5,7,12H,2-4H2,1H3,(H,11,13). The van der Waals surface area contributed by atoms with Crippen LogP contribution in [0.25, 0.3) is 0 Å². The fourth-order valence-corrected chi connectivity index (χ4v) is 1.77. The van der Waals surface area contributed by atoms with E-state index >= 15 is 0 Å². The quantitative estimate of drug-likeness (QED) is 0.688. The number of pyridine rings is 1. The molecule has 0 saturated heterocycles. The lowest BCUT2D eigenvalue weighted by Gasteiger charge is -2.26. The molecular weight excluding hydrogens is 166 g/mol. The van der Waals surface area contributed by atoms with Crippen LogP contribution in [0.5, 0.6) is 5.75 Å². The molecule has 1 aromatic rings. The van der Waals surface area contributed by atoms with E-state index in [-0.39, 0.29) is 11.3 Å². The van der Waals surface area contributed by atoms with Crippen molar-refractivity contribution in [3.8, 4) is 5.75 Å². The molecule has 0 radical (unpaired) electrons. The first-order valence-corrected chi connectivity index (χ1v) is 4.61. The van der Waals surface area contributed by atoms with Crippen molar-refractivity contribution < 1.29 is 5.11 Å². The molecule has 1 aromatic heterocycles. The van der Waals surface area contributed by atoms with Gasteiger partial charge in [0.2, 0.25) is 0 Å². The van der Waals surface area contributed by atoms with E-state index < -0.39 is 0 Å². The van der Waals surface area contributed by atoms with E-state index in [0.29, 0.717) is 5.92 Å². The van der Waals surface area contributed by atoms with Gasteiger partial charge in [-0.1, -0.05) is 6.42 Å². The van der Waals surface area contributed by atoms with Gasteiger partial charge in [-0.15, -0.1) is 0 Å². The van der Waals surface area contributed by atoms with Crippen LogP contribution in [0, 0.1) is 6.92 Å². The van der Waals surface area contributed by atoms with Crippen LogP contribution in [0.1, 0.15) is 36.3 Å². The van der Waals surface area contributed by atoms with Crippen LogP contribution in [0.2, 0.25) is 0 Å². The van der Waals surface area contributed by atoms with Gasteiger partial charge in [-0.05, 0) is 31.2 Å². The third-order valence-corrected chi connectivity index (χ3v) is 2.91. The Morgan fingerprint density at radius 3 is 2.77 bits per heavy atom. The predicted octanol–water partition coefficient (Wildman–Crippen LogP) is 1.66. The van der Waals surface area contributed by atoms with Crippen LogP contribution >= 0.6 is 0 Å². The normalized spacial score (nSPS) is 17.0. The smallest absolute Gasteiger partial charge is 0.290 e. The Labute approximate surface area is 76.4 Å². The van der Waals surface area contributed by atoms with Crippen LogP contribution in [0.4, 0.5) is 0 Å². The first-order valence-electron chi connectivity index (χ1n) is 4.61. The summed E-state index contributed by atoms with van der Waals surface area (Å²) in [5.41, 5.74) is 1.46. The lowest BCUT2D eigenvalue weighted by atomic mass is 9.79. The number of H-pyrrole nitrogens is 1. The van der Waals surface area contributed by atoms with Gasteiger partial charge in [-0.25, -0.2) is 0 Å². The molecule has 0 aromatic carbocycles. The topological polar surface area (TPSA) is 53.1 Å². The van der Waals surface area contributed by atoms with Gasteiger partial charge in [-0.2, -0.15) is 0 Å². The monoisotopic (exact) mass is 179 g/mol. The Bertz CT molecular complexity index is 377. The maximum Gasteiger partial charge on any atom is 0.290 e. The highest BCUT2D eigenvalue weighted by Crippen LogP contribution is 2.38. The van der Waals surface area contributed by atoms with Gasteiger partial charge in [-0.3, -0.25) is 4.79 Å². The largest absolute Gasteiger partial charge is 0.503 e. The minimum atomic E-state index is -0.388. The lowest BCUT2D eigenvalue weighted by Crippen LogP contribution is -2.15. The van der Waals surface area contributed by atoms with Crippen LogP contribution in [0.15, 0.2) is 11.0 Å². The van der Waals surface area contributed by atoms with E-state index in [4.69, 9.17) is 0 Å². The van der Waals surface area contributed by atoms with Gasteiger partial charge >= 0.3 is 0 Å². The Morgan fingerprint density at radius 2 is 2.23 bits per heavy atom. The van der Waals surface area contributed by atoms with Gasteiger partial charge in [0.25, 0.3) is 5.56 Å². The number of aromatic amines is 1. The number of rotatable bonds is 1. The second kappa shape index (κ2) is 2.91. The van der Waals surface area contributed by atoms with Crippen molar-refractivity contribution in [1.29, 1.82) is 0 Å². The number of aromatic nitrogens is 1. The van der Waals surface area contributed by atoms with Gasteiger partial charge in [0.15, 0.2) is 5.75 Å². The van der Waals surface area contributed by atoms with E-state index in [1.165, 1.54) is 19.3 Å². The third kappa shape index (κ3) is 1.24. The van der Waals surface area contributed by atoms with Crippen molar-refractivity contribution >= 4 is 0 Å². The predicted molar refractivity (Wildman–Crippen MR) is 50.1 cm³/mol. The number of hydrogen-bond donors (Lipinski definition) is 2. The van der Waals surface area contributed by atoms with Crippen LogP contribution in [-0.2, 0) is 0 Å². The summed E-state index contributed by atoms with van der Waals surface area (Å²) in [4.78, 5) is 13.6. The average Bonchev–Trinajstić information content (AvgIpc) is 2.03. The Morgan fingerprint density at radius 1 is 1.54 bits per heavy atom. The number of hydrogen-bond acceptors (Lipinski definition) is 2. The van der Waals surface area contributed by atoms with Gasteiger partial charge in [0.05, 0.1) is 0 Å². The molecule has 13 heavy (non-hydrogen) atoms. The minimum absolute atomic E-state index is 0.121. The molecule has 3 nitrogen and oxygen atoms in total. The SMILES string of the molecule is Cc1c(C2CCC2)c[nH]c(=O)c1O. The van der Waals surface area contributed by atoms with Gasteiger partial charge in [0, 0.05) is 11.8 Å². The molecule has 0 aliphatic heterocycles. The first-order chi connectivity index (χ1) is 6.20. The summed E-state index contributed by atoms with van der Waals surface area (Å²) in [7, 11) is 0. The number of nitrogens with one attached hydrogen (secondary N) is 1. The molecule has 1 aliphatic rings. The molecule has 1 heterocycles. The van der Waals surface area contributed by atoms with E-state index in [0.717, 1.165) is 11.1 Å². The van der Waals surface area contributed by atoms with Crippen LogP contribution < -0.4 is 5.56 Å². The summed E-state index contributed by atoms with van der Waals surface area (Å²) in [6.07, 6.45) is 5.34. The third-order valence-electron chi connectivity index (χ3n) is 2.91. The minimum Gasteiger partial charge on any atom is -0.503 e. The zero-order valence-electron chi connectivity index (χ0n) is 7.63. The van der Waals surface area contributed by atoms with Crippen LogP contribution in [0.3, 0.4) is 0 Å². The Kier molecular flexibility index (Phi) is 1.87. The molecule has 70 valence electrons. The highest BCUT2D eigenvalue weighted by molar-refractivity contribution is 5.37. The fourth-order valence-electron chi connectivity index (χ4n) is 1.77. The molecule has 0 atom stereocenters. The second-order valence-electron chi connectivity index (χ2n) is 3.67. The summed E-state index contributed by atoms with van der Waals surface area (Å²) in [6, 6.07) is 0. The highest BCUT2D eigenvalue weighted by atomic mass is 16.3. The molecule has 0 amide bonds. The zero-order valence-corrected chi connectivity index (χ0v) is 7.63. The van der Waals surface area contributed by atoms with E-state index in [9.17, 15) is 9.90 Å². The van der Waals surface area contributed by atoms with Crippen LogP contribution in [-0.4, -0.2) is 10.1 Å². The molecule has 0 spiro atoms. The van der Waals surface area contributed by atoms with Crippen molar-refractivity contribution in [3.63, 3.8) is 0 Å². The van der Waals surface area contributed by atoms with Crippen molar-refractivity contribution in [2.75, 3.05) is 0 Å². The van der Waals surface area contributed by atoms with Crippen molar-refractivity contribution in [1.82, 2.24) is 4.98 Å². The van der Waals surface area contributed by atoms with Crippen molar-refractivity contribution in [3.05, 3.63) is 27.7 Å². The molecule has 0 bridgehead atoms. The average molecular weight is 179 g/mol. The summed E-state index contributed by atoms with van der Waals surface area (Å²) in [6.45, 7) is 1.80. The molecule has 1 saturated carbocycles. The summed E-state index contributed by atoms with van der Waals surface area (Å²) in [5.74, 6) is 0.423.